The van der Waals surface area contributed by atoms with Gasteiger partial charge in [-0.1, -0.05) is 36.3 Å². The normalized spacial score (nSPS) is 34.2. The first-order valence-electron chi connectivity index (χ1n) is 12.7. The van der Waals surface area contributed by atoms with Crippen molar-refractivity contribution in [1.82, 2.24) is 9.80 Å². The number of hydrogen-bond donors (Lipinski definition) is 2. The fourth-order valence-electron chi connectivity index (χ4n) is 6.83. The first-order chi connectivity index (χ1) is 17.9. The van der Waals surface area contributed by atoms with Crippen LogP contribution in [0.5, 0.6) is 5.75 Å². The van der Waals surface area contributed by atoms with Crippen LogP contribution in [0.15, 0.2) is 35.9 Å². The Hall–Kier alpha value is -2.91. The van der Waals surface area contributed by atoms with E-state index in [1.807, 2.05) is 6.08 Å². The van der Waals surface area contributed by atoms with Crippen molar-refractivity contribution in [2.45, 2.75) is 54.2 Å². The average molecular weight is 563 g/mol. The van der Waals surface area contributed by atoms with Gasteiger partial charge in [-0.05, 0) is 37.7 Å². The number of aromatic hydroxyl groups is 1. The van der Waals surface area contributed by atoms with Crippen molar-refractivity contribution in [3.63, 3.8) is 0 Å². The monoisotopic (exact) mass is 562 g/mol. The third kappa shape index (κ3) is 3.61. The van der Waals surface area contributed by atoms with E-state index in [0.717, 1.165) is 4.90 Å². The van der Waals surface area contributed by atoms with Crippen LogP contribution >= 0.6 is 23.2 Å². The van der Waals surface area contributed by atoms with E-state index in [1.165, 1.54) is 18.0 Å². The molecule has 1 saturated carbocycles. The minimum Gasteiger partial charge on any atom is -0.508 e. The summed E-state index contributed by atoms with van der Waals surface area (Å²) in [4.78, 5) is 62.9. The third-order valence-electron chi connectivity index (χ3n) is 8.63. The Morgan fingerprint density at radius 2 is 1.74 bits per heavy atom. The van der Waals surface area contributed by atoms with Crippen molar-refractivity contribution in [3.05, 3.63) is 41.5 Å². The zero-order chi connectivity index (χ0) is 27.6. The Labute approximate surface area is 229 Å². The number of halogens is 2. The molecule has 0 radical (unpaired) electrons. The van der Waals surface area contributed by atoms with Gasteiger partial charge in [0, 0.05) is 31.5 Å². The molecule has 202 valence electrons. The zero-order valence-electron chi connectivity index (χ0n) is 20.7. The van der Waals surface area contributed by atoms with E-state index < -0.39 is 51.2 Å². The number of fused-ring (bicyclic) bond motifs is 4. The van der Waals surface area contributed by atoms with Crippen LogP contribution in [0.3, 0.4) is 0 Å². The number of nitrogens with zero attached hydrogens (tertiary/aromatic N) is 2. The highest BCUT2D eigenvalue weighted by atomic mass is 35.5. The molecule has 6 unspecified atom stereocenters. The largest absolute Gasteiger partial charge is 0.508 e. The number of aliphatic carboxylic acids is 1. The topological polar surface area (TPSA) is 132 Å². The Balaban J connectivity index is 1.52. The molecule has 2 aliphatic carbocycles. The van der Waals surface area contributed by atoms with Crippen LogP contribution in [-0.4, -0.2) is 73.0 Å². The number of alkyl halides is 2. The molecule has 2 aliphatic heterocycles. The number of likely N-dealkylation sites (tertiary alicyclic amines) is 2. The third-order valence-corrected chi connectivity index (χ3v) is 10.0. The van der Waals surface area contributed by atoms with Gasteiger partial charge in [0.1, 0.15) is 5.75 Å². The van der Waals surface area contributed by atoms with Gasteiger partial charge in [-0.3, -0.25) is 33.8 Å². The van der Waals surface area contributed by atoms with Crippen LogP contribution in [0.25, 0.3) is 0 Å². The smallest absolute Gasteiger partial charge is 0.303 e. The van der Waals surface area contributed by atoms with Crippen LogP contribution in [0.4, 0.5) is 0 Å². The number of rotatable bonds is 7. The van der Waals surface area contributed by atoms with E-state index in [4.69, 9.17) is 28.3 Å². The highest BCUT2D eigenvalue weighted by Crippen LogP contribution is 2.65. The Bertz CT molecular complexity index is 1280. The van der Waals surface area contributed by atoms with Crippen LogP contribution in [0, 0.1) is 17.8 Å². The van der Waals surface area contributed by atoms with Gasteiger partial charge in [0.25, 0.3) is 11.8 Å². The summed E-state index contributed by atoms with van der Waals surface area (Å²) in [7, 11) is 1.32. The first kappa shape index (κ1) is 26.7. The molecule has 4 amide bonds. The number of unbranched alkanes of at least 4 members (excludes halogenated alkanes) is 2. The first-order valence-corrected chi connectivity index (χ1v) is 13.5. The van der Waals surface area contributed by atoms with Gasteiger partial charge in [0.2, 0.25) is 11.8 Å². The molecule has 0 aromatic heterocycles. The fourth-order valence-corrected chi connectivity index (χ4v) is 7.84. The molecule has 0 spiro atoms. The summed E-state index contributed by atoms with van der Waals surface area (Å²) in [6, 6.07) is 6.39. The highest BCUT2D eigenvalue weighted by molar-refractivity contribution is 6.53. The zero-order valence-corrected chi connectivity index (χ0v) is 22.2. The van der Waals surface area contributed by atoms with E-state index in [9.17, 15) is 29.1 Å². The predicted molar refractivity (Wildman–Crippen MR) is 136 cm³/mol. The van der Waals surface area contributed by atoms with Crippen molar-refractivity contribution >= 4 is 52.8 Å². The molecule has 2 saturated heterocycles. The number of imide groups is 2. The number of amides is 4. The molecule has 2 heterocycles. The van der Waals surface area contributed by atoms with Crippen molar-refractivity contribution in [2.24, 2.45) is 17.8 Å². The lowest BCUT2D eigenvalue weighted by atomic mass is 9.56. The van der Waals surface area contributed by atoms with Gasteiger partial charge in [-0.2, -0.15) is 0 Å². The van der Waals surface area contributed by atoms with Crippen LogP contribution in [-0.2, 0) is 24.0 Å². The molecule has 2 N–H and O–H groups in total. The van der Waals surface area contributed by atoms with Crippen molar-refractivity contribution in [2.75, 3.05) is 13.6 Å². The lowest BCUT2D eigenvalue weighted by Gasteiger charge is -2.50. The van der Waals surface area contributed by atoms with Crippen LogP contribution < -0.4 is 0 Å². The summed E-state index contributed by atoms with van der Waals surface area (Å²) in [6.07, 6.45) is 3.49. The number of carboxylic acids is 1. The maximum Gasteiger partial charge on any atom is 0.303 e. The summed E-state index contributed by atoms with van der Waals surface area (Å²) in [5.74, 6) is -6.06. The average Bonchev–Trinajstić information content (AvgIpc) is 3.19. The van der Waals surface area contributed by atoms with Gasteiger partial charge in [-0.25, -0.2) is 0 Å². The molecule has 1 aromatic rings. The van der Waals surface area contributed by atoms with Gasteiger partial charge in [0.15, 0.2) is 9.75 Å². The predicted octanol–water partition coefficient (Wildman–Crippen LogP) is 3.03. The summed E-state index contributed by atoms with van der Waals surface area (Å²) >= 11 is 14.1. The maximum atomic E-state index is 13.7. The summed E-state index contributed by atoms with van der Waals surface area (Å²) in [5, 5.41) is 19.6. The standard InChI is InChI=1S/C27H28Cl2N2O7/c1-30-24(37)26(28)13-17-14(21(27(26,29)25(30)38)15-7-4-5-8-18(15)32)10-11-16-20(17)23(36)31(22(16)35)12-6-2-3-9-19(33)34/h4-5,7-8,10,16-17,20-21,32H,2-3,6,9,11-13H2,1H3,(H,33,34). The van der Waals surface area contributed by atoms with Gasteiger partial charge in [0.05, 0.1) is 11.8 Å². The second kappa shape index (κ2) is 9.38. The molecule has 38 heavy (non-hydrogen) atoms. The Morgan fingerprint density at radius 1 is 1.03 bits per heavy atom. The SMILES string of the molecule is CN1C(=O)C2(Cl)CC3C(=CCC4C(=O)N(CCCCCC(=O)O)C(=O)C43)C(c3ccccc3O)C2(Cl)C1=O. The molecular formula is C27H28Cl2N2O7. The number of phenols is 1. The van der Waals surface area contributed by atoms with Gasteiger partial charge >= 0.3 is 5.97 Å². The number of benzene rings is 1. The number of phenolic OH excluding ortho intramolecular Hbond substituents is 1. The second-order valence-electron chi connectivity index (χ2n) is 10.6. The molecule has 11 heteroatoms. The highest BCUT2D eigenvalue weighted by Gasteiger charge is 2.76. The van der Waals surface area contributed by atoms with Crippen molar-refractivity contribution in [1.29, 1.82) is 0 Å². The minimum atomic E-state index is -1.93. The quantitative estimate of drug-likeness (QED) is 0.226. The lowest BCUT2D eigenvalue weighted by molar-refractivity contribution is -0.141. The molecule has 1 aromatic carbocycles. The fraction of sp³-hybridized carbons (Fsp3) is 0.519. The van der Waals surface area contributed by atoms with E-state index in [0.29, 0.717) is 30.4 Å². The van der Waals surface area contributed by atoms with E-state index in [2.05, 4.69) is 0 Å². The molecule has 3 fully saturated rings. The van der Waals surface area contributed by atoms with Gasteiger partial charge in [-0.15, -0.1) is 23.2 Å². The summed E-state index contributed by atoms with van der Waals surface area (Å²) in [6.45, 7) is 0.181. The van der Waals surface area contributed by atoms with Crippen molar-refractivity contribution in [3.8, 4) is 5.75 Å². The number of hydrogen-bond acceptors (Lipinski definition) is 6. The number of carboxylic acid groups (broad SMARTS) is 1. The van der Waals surface area contributed by atoms with E-state index in [-0.39, 0.29) is 43.4 Å². The second-order valence-corrected chi connectivity index (χ2v) is 11.8. The van der Waals surface area contributed by atoms with Crippen molar-refractivity contribution < 1.29 is 34.2 Å². The molecular weight excluding hydrogens is 535 g/mol. The lowest BCUT2D eigenvalue weighted by Crippen LogP contribution is -2.60. The number of para-hydroxylation sites is 1. The molecule has 0 bridgehead atoms. The molecule has 9 nitrogen and oxygen atoms in total. The molecule has 5 rings (SSSR count). The molecule has 4 aliphatic rings. The summed E-state index contributed by atoms with van der Waals surface area (Å²) in [5.41, 5.74) is 0.949. The van der Waals surface area contributed by atoms with Gasteiger partial charge < -0.3 is 10.2 Å². The molecule has 6 atom stereocenters. The van der Waals surface area contributed by atoms with E-state index >= 15 is 0 Å². The maximum absolute atomic E-state index is 13.7. The van der Waals surface area contributed by atoms with Crippen LogP contribution in [0.1, 0.15) is 50.0 Å². The summed E-state index contributed by atoms with van der Waals surface area (Å²) < 4.78 is 0. The van der Waals surface area contributed by atoms with Crippen LogP contribution in [0.2, 0.25) is 0 Å². The Morgan fingerprint density at radius 3 is 2.42 bits per heavy atom. The number of carbonyl (C=O) groups is 5. The Kier molecular flexibility index (Phi) is 6.59. The minimum absolute atomic E-state index is 0.0232. The number of carbonyl (C=O) groups excluding carboxylic acids is 4. The number of allylic oxidation sites excluding steroid dienone is 2. The van der Waals surface area contributed by atoms with E-state index in [1.54, 1.807) is 18.2 Å².